The van der Waals surface area contributed by atoms with Crippen molar-refractivity contribution in [1.29, 1.82) is 0 Å². The van der Waals surface area contributed by atoms with Crippen molar-refractivity contribution in [1.82, 2.24) is 10.6 Å². The van der Waals surface area contributed by atoms with E-state index in [4.69, 9.17) is 66.8 Å². The smallest absolute Gasteiger partial charge is 0.491 e. The number of aliphatic hydroxyl groups is 1. The number of nitrogens with two attached hydrogens (primary N) is 1. The van der Waals surface area contributed by atoms with Gasteiger partial charge >= 0.3 is 45.5 Å². The lowest BCUT2D eigenvalue weighted by atomic mass is 9.77. The van der Waals surface area contributed by atoms with Crippen molar-refractivity contribution in [3.05, 3.63) is 71.3 Å². The largest absolute Gasteiger partial charge is 0.499 e. The summed E-state index contributed by atoms with van der Waals surface area (Å²) in [6.45, 7) is 16.1. The minimum atomic E-state index is -0.649. The maximum Gasteiger partial charge on any atom is 0.499 e. The van der Waals surface area contributed by atoms with Crippen molar-refractivity contribution in [3.8, 4) is 17.2 Å². The number of carbonyl (C=O) groups excluding carboxylic acids is 4. The average molecular weight is 1050 g/mol. The minimum Gasteiger partial charge on any atom is -0.491 e. The van der Waals surface area contributed by atoms with Gasteiger partial charge in [0.25, 0.3) is 0 Å². The number of halogens is 1. The topological polar surface area (TPSA) is 259 Å². The van der Waals surface area contributed by atoms with Gasteiger partial charge in [-0.25, -0.2) is 9.59 Å². The Morgan fingerprint density at radius 2 is 0.932 bits per heavy atom. The Morgan fingerprint density at radius 1 is 0.581 bits per heavy atom. The highest BCUT2D eigenvalue weighted by Gasteiger charge is 2.46. The molecule has 0 fully saturated rings. The zero-order valence-electron chi connectivity index (χ0n) is 43.0. The normalized spacial score (nSPS) is 21.7. The van der Waals surface area contributed by atoms with E-state index in [1.807, 2.05) is 75.4 Å². The van der Waals surface area contributed by atoms with Crippen molar-refractivity contribution in [2.75, 3.05) is 59.3 Å². The Kier molecular flexibility index (Phi) is 20.3. The van der Waals surface area contributed by atoms with Gasteiger partial charge in [0.1, 0.15) is 79.8 Å². The van der Waals surface area contributed by atoms with Crippen LogP contribution in [0.4, 0.5) is 9.59 Å². The maximum atomic E-state index is 11.9. The number of amides is 2. The molecule has 9 rings (SSSR count). The number of aliphatic hydroxyl groups excluding tert-OH is 1. The summed E-state index contributed by atoms with van der Waals surface area (Å²) in [5.74, 6) is 1.56. The lowest BCUT2D eigenvalue weighted by molar-refractivity contribution is -0.147. The molecule has 25 heteroatoms. The van der Waals surface area contributed by atoms with Gasteiger partial charge in [0.05, 0.1) is 24.9 Å². The zero-order chi connectivity index (χ0) is 52.5. The molecule has 0 saturated carbocycles. The molecule has 0 bridgehead atoms. The molecule has 3 aromatic rings. The molecule has 3 unspecified atom stereocenters. The second-order valence-corrected chi connectivity index (χ2v) is 19.6. The van der Waals surface area contributed by atoms with Gasteiger partial charge in [-0.2, -0.15) is 0 Å². The van der Waals surface area contributed by atoms with E-state index in [1.165, 1.54) is 0 Å². The first kappa shape index (κ1) is 58.0. The highest BCUT2D eigenvalue weighted by atomic mass is 35.5. The lowest BCUT2D eigenvalue weighted by Crippen LogP contribution is -2.38. The Balaban J connectivity index is 0.000000181. The van der Waals surface area contributed by atoms with Crippen LogP contribution >= 0.6 is 12.4 Å². The van der Waals surface area contributed by atoms with Gasteiger partial charge in [0.15, 0.2) is 0 Å². The number of benzene rings is 3. The van der Waals surface area contributed by atoms with E-state index in [1.54, 1.807) is 34.6 Å². The molecule has 0 saturated heterocycles. The molecule has 2 amide bonds. The molecule has 5 N–H and O–H groups in total. The molecule has 402 valence electrons. The van der Waals surface area contributed by atoms with Crippen LogP contribution < -0.4 is 47.0 Å². The van der Waals surface area contributed by atoms with Crippen LogP contribution in [0, 0.1) is 0 Å². The molecule has 6 aliphatic heterocycles. The van der Waals surface area contributed by atoms with Crippen molar-refractivity contribution >= 4 is 74.3 Å². The second kappa shape index (κ2) is 26.0. The van der Waals surface area contributed by atoms with Crippen LogP contribution in [-0.4, -0.2) is 139 Å². The predicted octanol–water partition coefficient (Wildman–Crippen LogP) is 3.02. The molecule has 0 spiro atoms. The first-order chi connectivity index (χ1) is 34.9. The zero-order valence-corrected chi connectivity index (χ0v) is 43.9. The van der Waals surface area contributed by atoms with E-state index in [0.29, 0.717) is 37.5 Å². The number of esters is 2. The van der Waals surface area contributed by atoms with Gasteiger partial charge in [0, 0.05) is 48.9 Å². The molecular weight excluding hydrogens is 986 g/mol. The second-order valence-electron chi connectivity index (χ2n) is 19.6. The summed E-state index contributed by atoms with van der Waals surface area (Å²) in [6.07, 6.45) is -2.57. The molecule has 6 heterocycles. The summed E-state index contributed by atoms with van der Waals surface area (Å²) in [4.78, 5) is 46.5. The van der Waals surface area contributed by atoms with Crippen molar-refractivity contribution in [2.45, 2.75) is 116 Å². The molecule has 3 aromatic carbocycles. The monoisotopic (exact) mass is 1050 g/mol. The number of alkyl carbamates (subject to hydrolysis) is 2. The van der Waals surface area contributed by atoms with Crippen LogP contribution in [0.5, 0.6) is 17.2 Å². The van der Waals surface area contributed by atoms with Crippen LogP contribution in [0.2, 0.25) is 0 Å². The van der Waals surface area contributed by atoms with E-state index in [-0.39, 0.29) is 88.8 Å². The molecular formula is C49H67B3ClN3O18. The SMILES string of the molecule is CC(C)(C)OC(=O)NCC1OB2O[C@H](CO)COc3cccc1c32.CCC(=O)OC[C@@H]1COc2cccc3c2B(OC3CN)O1.CCC(=O)OC[C@@H]1COc2cccc3c2B(OC3CNC(=O)OC(C)(C)C)O1.Cl. The number of hydrogen-bond donors (Lipinski definition) is 4. The summed E-state index contributed by atoms with van der Waals surface area (Å²) < 4.78 is 73.5. The van der Waals surface area contributed by atoms with Gasteiger partial charge in [-0.15, -0.1) is 12.4 Å². The first-order valence-corrected chi connectivity index (χ1v) is 24.6. The standard InChI is InChI=1S/C19H26BNO7.C16H22BNO6.C14H18BNO5.ClH/c1-5-16(22)25-11-12-10-24-14-8-6-7-13-15(28-20(27-12)17(13)14)9-21-18(23)26-19(2,3)4;1-16(2,3)22-15(20)18-7-13-11-5-4-6-12-14(11)17(24-13)23-10(8-19)9-21-12;1-2-13(17)19-8-9-7-18-11-5-3-4-10-12(6-16)21-15(20-9)14(10)11;/h6-8,12,15H,5,9-11H2,1-4H3,(H,21,23);4-6,10,13,19H,7-9H2,1-3H3,(H,18,20);3-5,9,12H,2,6-8,16H2,1H3;1H/t12-,15?;10-,13?;9-,12?;/m010./s1. The summed E-state index contributed by atoms with van der Waals surface area (Å²) in [5.41, 5.74) is 9.95. The van der Waals surface area contributed by atoms with Gasteiger partial charge in [-0.3, -0.25) is 9.59 Å². The van der Waals surface area contributed by atoms with Crippen molar-refractivity contribution in [2.24, 2.45) is 5.73 Å². The number of hydrogen-bond acceptors (Lipinski definition) is 19. The molecule has 0 aromatic heterocycles. The fraction of sp³-hybridized carbons (Fsp3) is 0.551. The number of nitrogens with one attached hydrogen (secondary N) is 2. The summed E-state index contributed by atoms with van der Waals surface area (Å²) >= 11 is 0. The van der Waals surface area contributed by atoms with Crippen molar-refractivity contribution in [3.63, 3.8) is 0 Å². The van der Waals surface area contributed by atoms with E-state index in [2.05, 4.69) is 10.6 Å². The predicted molar refractivity (Wildman–Crippen MR) is 272 cm³/mol. The third kappa shape index (κ3) is 15.2. The van der Waals surface area contributed by atoms with Gasteiger partial charge in [-0.05, 0) is 76.4 Å². The Hall–Kier alpha value is -5.30. The number of ether oxygens (including phenoxy) is 7. The Bertz CT molecular complexity index is 2410. The molecule has 74 heavy (non-hydrogen) atoms. The fourth-order valence-corrected chi connectivity index (χ4v) is 8.35. The highest BCUT2D eigenvalue weighted by Crippen LogP contribution is 2.33. The van der Waals surface area contributed by atoms with Gasteiger partial charge in [-0.1, -0.05) is 50.2 Å². The first-order valence-electron chi connectivity index (χ1n) is 24.6. The summed E-state index contributed by atoms with van der Waals surface area (Å²) in [7, 11) is -1.77. The molecule has 6 aliphatic rings. The summed E-state index contributed by atoms with van der Waals surface area (Å²) in [5, 5.41) is 14.8. The van der Waals surface area contributed by atoms with Crippen LogP contribution in [0.3, 0.4) is 0 Å². The molecule has 6 atom stereocenters. The van der Waals surface area contributed by atoms with Crippen LogP contribution in [0.15, 0.2) is 54.6 Å². The van der Waals surface area contributed by atoms with E-state index < -0.39 is 63.1 Å². The van der Waals surface area contributed by atoms with Crippen LogP contribution in [0.1, 0.15) is 103 Å². The van der Waals surface area contributed by atoms with E-state index in [0.717, 1.165) is 38.8 Å². The lowest BCUT2D eigenvalue weighted by Gasteiger charge is -2.22. The van der Waals surface area contributed by atoms with Gasteiger partial charge < -0.3 is 82.6 Å². The van der Waals surface area contributed by atoms with E-state index >= 15 is 0 Å². The Morgan fingerprint density at radius 3 is 1.28 bits per heavy atom. The van der Waals surface area contributed by atoms with Gasteiger partial charge in [0.2, 0.25) is 0 Å². The number of rotatable bonds is 12. The average Bonchev–Trinajstić information content (AvgIpc) is 3.87. The minimum absolute atomic E-state index is 0. The molecule has 0 radical (unpaired) electrons. The molecule has 21 nitrogen and oxygen atoms in total. The maximum absolute atomic E-state index is 11.9. The van der Waals surface area contributed by atoms with E-state index in [9.17, 15) is 24.3 Å². The third-order valence-electron chi connectivity index (χ3n) is 11.7. The van der Waals surface area contributed by atoms with Crippen LogP contribution in [0.25, 0.3) is 0 Å². The fourth-order valence-electron chi connectivity index (χ4n) is 8.35. The third-order valence-corrected chi connectivity index (χ3v) is 11.7. The highest BCUT2D eigenvalue weighted by molar-refractivity contribution is 6.65. The number of carbonyl (C=O) groups is 4. The van der Waals surface area contributed by atoms with Crippen LogP contribution in [-0.2, 0) is 56.5 Å². The quantitative estimate of drug-likeness (QED) is 0.115. The molecule has 0 aliphatic carbocycles. The van der Waals surface area contributed by atoms with Crippen molar-refractivity contribution < 1.29 is 85.4 Å². The Labute approximate surface area is 438 Å². The summed E-state index contributed by atoms with van der Waals surface area (Å²) in [6, 6.07) is 17.1.